The molecule has 10 nitrogen and oxygen atoms in total. The molecule has 0 unspecified atom stereocenters. The summed E-state index contributed by atoms with van der Waals surface area (Å²) >= 11 is 0. The minimum absolute atomic E-state index is 0.156. The van der Waals surface area contributed by atoms with Gasteiger partial charge in [0.1, 0.15) is 0 Å². The number of benzene rings is 3. The van der Waals surface area contributed by atoms with Crippen molar-refractivity contribution in [3.63, 3.8) is 0 Å². The van der Waals surface area contributed by atoms with Gasteiger partial charge in [-0.3, -0.25) is 4.18 Å². The van der Waals surface area contributed by atoms with Gasteiger partial charge in [-0.2, -0.15) is 8.42 Å². The molecule has 1 fully saturated rings. The van der Waals surface area contributed by atoms with Crippen molar-refractivity contribution < 1.29 is 45.9 Å². The number of carbonyl (C=O) groups is 3. The summed E-state index contributed by atoms with van der Waals surface area (Å²) in [6.45, 7) is -0.387. The van der Waals surface area contributed by atoms with Gasteiger partial charge in [0.2, 0.25) is 6.29 Å². The van der Waals surface area contributed by atoms with Crippen molar-refractivity contribution in [2.75, 3.05) is 12.9 Å². The second kappa shape index (κ2) is 12.0. The Morgan fingerprint density at radius 1 is 0.658 bits per heavy atom. The van der Waals surface area contributed by atoms with Crippen LogP contribution in [0.25, 0.3) is 0 Å². The number of rotatable bonds is 8. The number of hydrogen-bond acceptors (Lipinski definition) is 10. The molecule has 1 heterocycles. The van der Waals surface area contributed by atoms with E-state index in [1.165, 1.54) is 36.4 Å². The smallest absolute Gasteiger partial charge is 0.340 e. The minimum atomic E-state index is -4.20. The lowest BCUT2D eigenvalue weighted by Crippen LogP contribution is -2.58. The summed E-state index contributed by atoms with van der Waals surface area (Å²) in [6, 6.07) is 23.9. The summed E-state index contributed by atoms with van der Waals surface area (Å²) in [6.07, 6.45) is -5.34. The fraction of sp³-hybridized carbons (Fsp3) is 0.222. The first kappa shape index (κ1) is 27.0. The highest BCUT2D eigenvalue weighted by molar-refractivity contribution is 7.86. The molecule has 0 bridgehead atoms. The first-order valence-corrected chi connectivity index (χ1v) is 13.3. The van der Waals surface area contributed by atoms with Gasteiger partial charge in [-0.25, -0.2) is 14.4 Å². The fourth-order valence-electron chi connectivity index (χ4n) is 3.69. The van der Waals surface area contributed by atoms with E-state index in [-0.39, 0.29) is 23.3 Å². The van der Waals surface area contributed by atoms with Crippen LogP contribution in [-0.2, 0) is 33.2 Å². The second-order valence-corrected chi connectivity index (χ2v) is 9.88. The SMILES string of the molecule is CS(=O)(=O)O[C@H]1[C@@H](OC(=O)c2ccccc2)OC[C@@H](OC(=O)c2ccccc2)[C@@H]1OC(=O)c1ccccc1. The van der Waals surface area contributed by atoms with E-state index in [4.69, 9.17) is 23.1 Å². The van der Waals surface area contributed by atoms with Crippen molar-refractivity contribution in [3.8, 4) is 0 Å². The van der Waals surface area contributed by atoms with Gasteiger partial charge in [0.15, 0.2) is 18.3 Å². The van der Waals surface area contributed by atoms with Crippen LogP contribution in [0, 0.1) is 0 Å². The maximum absolute atomic E-state index is 13.0. The molecule has 1 aliphatic rings. The van der Waals surface area contributed by atoms with Gasteiger partial charge in [0.25, 0.3) is 10.1 Å². The van der Waals surface area contributed by atoms with Crippen LogP contribution in [0.1, 0.15) is 31.1 Å². The van der Waals surface area contributed by atoms with E-state index < -0.39 is 52.6 Å². The fourth-order valence-corrected chi connectivity index (χ4v) is 4.29. The van der Waals surface area contributed by atoms with Crippen molar-refractivity contribution in [1.82, 2.24) is 0 Å². The summed E-state index contributed by atoms with van der Waals surface area (Å²) < 4.78 is 51.8. The normalized spacial score (nSPS) is 21.2. The molecule has 0 radical (unpaired) electrons. The summed E-state index contributed by atoms with van der Waals surface area (Å²) in [5, 5.41) is 0. The standard InChI is InChI=1S/C27H24O10S/c1-38(31,32)37-23-22(35-25(29)19-13-7-3-8-14-19)21(34-24(28)18-11-5-2-6-12-18)17-33-27(23)36-26(30)20-15-9-4-10-16-20/h2-16,21-23,27H,17H2,1H3/t21-,22+,23-,27-/m1/s1. The molecular weight excluding hydrogens is 516 g/mol. The summed E-state index contributed by atoms with van der Waals surface area (Å²) in [4.78, 5) is 38.5. The van der Waals surface area contributed by atoms with Crippen LogP contribution in [0.4, 0.5) is 0 Å². The zero-order valence-corrected chi connectivity index (χ0v) is 21.0. The Kier molecular flexibility index (Phi) is 8.52. The van der Waals surface area contributed by atoms with E-state index in [9.17, 15) is 22.8 Å². The van der Waals surface area contributed by atoms with E-state index in [0.29, 0.717) is 0 Å². The lowest BCUT2D eigenvalue weighted by molar-refractivity contribution is -0.243. The van der Waals surface area contributed by atoms with Crippen molar-refractivity contribution in [2.45, 2.75) is 24.6 Å². The Labute approximate surface area is 219 Å². The highest BCUT2D eigenvalue weighted by Gasteiger charge is 2.49. The molecule has 0 amide bonds. The van der Waals surface area contributed by atoms with Crippen LogP contribution in [0.5, 0.6) is 0 Å². The molecule has 0 aliphatic carbocycles. The van der Waals surface area contributed by atoms with E-state index in [0.717, 1.165) is 6.26 Å². The topological polar surface area (TPSA) is 132 Å². The average molecular weight is 541 g/mol. The third-order valence-electron chi connectivity index (χ3n) is 5.42. The Morgan fingerprint density at radius 3 is 1.53 bits per heavy atom. The minimum Gasteiger partial charge on any atom is -0.452 e. The van der Waals surface area contributed by atoms with Crippen LogP contribution in [0.15, 0.2) is 91.0 Å². The van der Waals surface area contributed by atoms with Gasteiger partial charge in [-0.05, 0) is 36.4 Å². The molecule has 0 N–H and O–H groups in total. The van der Waals surface area contributed by atoms with Gasteiger partial charge < -0.3 is 18.9 Å². The first-order valence-electron chi connectivity index (χ1n) is 11.5. The maximum atomic E-state index is 13.0. The van der Waals surface area contributed by atoms with Crippen molar-refractivity contribution in [1.29, 1.82) is 0 Å². The molecule has 0 spiro atoms. The third-order valence-corrected chi connectivity index (χ3v) is 5.99. The lowest BCUT2D eigenvalue weighted by Gasteiger charge is -2.39. The number of esters is 3. The van der Waals surface area contributed by atoms with Crippen molar-refractivity contribution >= 4 is 28.0 Å². The Balaban J connectivity index is 1.65. The van der Waals surface area contributed by atoms with Crippen molar-refractivity contribution in [3.05, 3.63) is 108 Å². The zero-order chi connectivity index (χ0) is 27.1. The third kappa shape index (κ3) is 7.03. The van der Waals surface area contributed by atoms with Gasteiger partial charge in [-0.1, -0.05) is 54.6 Å². The van der Waals surface area contributed by atoms with Gasteiger partial charge in [0.05, 0.1) is 29.6 Å². The van der Waals surface area contributed by atoms with Crippen LogP contribution in [0.3, 0.4) is 0 Å². The van der Waals surface area contributed by atoms with E-state index in [1.54, 1.807) is 54.6 Å². The molecule has 3 aromatic rings. The Morgan fingerprint density at radius 2 is 1.08 bits per heavy atom. The molecule has 4 atom stereocenters. The second-order valence-electron chi connectivity index (χ2n) is 8.28. The quantitative estimate of drug-likeness (QED) is 0.239. The van der Waals surface area contributed by atoms with E-state index >= 15 is 0 Å². The van der Waals surface area contributed by atoms with Gasteiger partial charge in [0, 0.05) is 0 Å². The highest BCUT2D eigenvalue weighted by atomic mass is 32.2. The summed E-state index contributed by atoms with van der Waals surface area (Å²) in [5.41, 5.74) is 0.534. The molecule has 0 saturated carbocycles. The molecule has 3 aromatic carbocycles. The number of ether oxygens (including phenoxy) is 4. The zero-order valence-electron chi connectivity index (χ0n) is 20.2. The lowest BCUT2D eigenvalue weighted by atomic mass is 10.0. The Bertz CT molecular complexity index is 1360. The van der Waals surface area contributed by atoms with Crippen LogP contribution in [0.2, 0.25) is 0 Å². The molecule has 198 valence electrons. The van der Waals surface area contributed by atoms with Crippen LogP contribution in [-0.4, -0.2) is 63.8 Å². The summed E-state index contributed by atoms with van der Waals surface area (Å²) in [5.74, 6) is -2.43. The van der Waals surface area contributed by atoms with E-state index in [2.05, 4.69) is 0 Å². The monoisotopic (exact) mass is 540 g/mol. The average Bonchev–Trinajstić information content (AvgIpc) is 2.92. The number of hydrogen-bond donors (Lipinski definition) is 0. The molecule has 11 heteroatoms. The molecule has 4 rings (SSSR count). The number of carbonyl (C=O) groups excluding carboxylic acids is 3. The first-order chi connectivity index (χ1) is 18.2. The van der Waals surface area contributed by atoms with Crippen molar-refractivity contribution in [2.24, 2.45) is 0 Å². The maximum Gasteiger partial charge on any atom is 0.340 e. The van der Waals surface area contributed by atoms with Crippen LogP contribution < -0.4 is 0 Å². The predicted molar refractivity (Wildman–Crippen MR) is 133 cm³/mol. The molecule has 1 aliphatic heterocycles. The highest BCUT2D eigenvalue weighted by Crippen LogP contribution is 2.28. The molecule has 0 aromatic heterocycles. The van der Waals surface area contributed by atoms with Gasteiger partial charge >= 0.3 is 17.9 Å². The summed E-state index contributed by atoms with van der Waals surface area (Å²) in [7, 11) is -4.20. The largest absolute Gasteiger partial charge is 0.452 e. The predicted octanol–water partition coefficient (Wildman–Crippen LogP) is 3.00. The molecular formula is C27H24O10S. The van der Waals surface area contributed by atoms with E-state index in [1.807, 2.05) is 0 Å². The van der Waals surface area contributed by atoms with Gasteiger partial charge in [-0.15, -0.1) is 0 Å². The van der Waals surface area contributed by atoms with Crippen LogP contribution >= 0.6 is 0 Å². The molecule has 1 saturated heterocycles. The molecule has 38 heavy (non-hydrogen) atoms. The Hall–Kier alpha value is -4.06.